The third-order valence-corrected chi connectivity index (χ3v) is 4.50. The number of amides is 4. The van der Waals surface area contributed by atoms with Gasteiger partial charge in [-0.15, -0.1) is 0 Å². The lowest BCUT2D eigenvalue weighted by Crippen LogP contribution is -2.39. The highest BCUT2D eigenvalue weighted by Gasteiger charge is 2.23. The predicted octanol–water partition coefficient (Wildman–Crippen LogP) is 3.83. The molecule has 0 spiro atoms. The number of urea groups is 1. The van der Waals surface area contributed by atoms with E-state index in [9.17, 15) is 23.2 Å². The molecule has 0 saturated heterocycles. The second-order valence-corrected chi connectivity index (χ2v) is 6.72. The molecule has 0 heterocycles. The van der Waals surface area contributed by atoms with Crippen molar-refractivity contribution in [2.75, 3.05) is 17.7 Å². The third-order valence-electron chi connectivity index (χ3n) is 4.50. The molecule has 0 bridgehead atoms. The SMILES string of the molecule is CNC(=O)C(NC(=O)c1ccc(NC(=O)Nc2ccccc2)cc1)c1ccc(F)c(F)c1. The highest BCUT2D eigenvalue weighted by atomic mass is 19.2. The second-order valence-electron chi connectivity index (χ2n) is 6.72. The number of likely N-dealkylation sites (N-methyl/N-ethyl adjacent to an activating group) is 1. The Morgan fingerprint density at radius 1 is 0.781 bits per heavy atom. The number of benzene rings is 3. The smallest absolute Gasteiger partial charge is 0.323 e. The molecule has 9 heteroatoms. The zero-order chi connectivity index (χ0) is 23.1. The molecule has 4 amide bonds. The summed E-state index contributed by atoms with van der Waals surface area (Å²) in [5.74, 6) is -3.39. The molecule has 0 radical (unpaired) electrons. The van der Waals surface area contributed by atoms with Crippen LogP contribution in [0.5, 0.6) is 0 Å². The van der Waals surface area contributed by atoms with Gasteiger partial charge in [0.15, 0.2) is 11.6 Å². The third kappa shape index (κ3) is 5.66. The standard InChI is InChI=1S/C23H20F2N4O3/c1-26-22(31)20(15-9-12-18(24)19(25)13-15)29-21(30)14-7-10-17(11-8-14)28-23(32)27-16-5-3-2-4-6-16/h2-13,20H,1H3,(H,26,31)(H,29,30)(H2,27,28,32). The van der Waals surface area contributed by atoms with Crippen LogP contribution in [0.3, 0.4) is 0 Å². The Morgan fingerprint density at radius 3 is 2.00 bits per heavy atom. The van der Waals surface area contributed by atoms with Crippen molar-refractivity contribution in [2.24, 2.45) is 0 Å². The molecule has 1 unspecified atom stereocenters. The molecule has 3 aromatic carbocycles. The van der Waals surface area contributed by atoms with E-state index in [-0.39, 0.29) is 11.1 Å². The molecule has 4 N–H and O–H groups in total. The van der Waals surface area contributed by atoms with Gasteiger partial charge in [0.25, 0.3) is 5.91 Å². The first-order valence-corrected chi connectivity index (χ1v) is 9.58. The first-order valence-electron chi connectivity index (χ1n) is 9.58. The molecule has 0 aliphatic rings. The van der Waals surface area contributed by atoms with Crippen LogP contribution < -0.4 is 21.3 Å². The number of halogens is 2. The van der Waals surface area contributed by atoms with Crippen molar-refractivity contribution < 1.29 is 23.2 Å². The number of rotatable bonds is 6. The summed E-state index contributed by atoms with van der Waals surface area (Å²) < 4.78 is 26.8. The van der Waals surface area contributed by atoms with Gasteiger partial charge in [-0.2, -0.15) is 0 Å². The Kier molecular flexibility index (Phi) is 7.12. The van der Waals surface area contributed by atoms with Gasteiger partial charge < -0.3 is 21.3 Å². The maximum Gasteiger partial charge on any atom is 0.323 e. The van der Waals surface area contributed by atoms with Crippen molar-refractivity contribution in [3.63, 3.8) is 0 Å². The lowest BCUT2D eigenvalue weighted by molar-refractivity contribution is -0.122. The average molecular weight is 438 g/mol. The van der Waals surface area contributed by atoms with Gasteiger partial charge in [0.2, 0.25) is 5.91 Å². The quantitative estimate of drug-likeness (QED) is 0.471. The molecule has 164 valence electrons. The van der Waals surface area contributed by atoms with Crippen LogP contribution in [0.15, 0.2) is 72.8 Å². The van der Waals surface area contributed by atoms with Gasteiger partial charge in [-0.3, -0.25) is 9.59 Å². The summed E-state index contributed by atoms with van der Waals surface area (Å²) in [6.45, 7) is 0. The second kappa shape index (κ2) is 10.2. The minimum absolute atomic E-state index is 0.0902. The van der Waals surface area contributed by atoms with Crippen LogP contribution in [-0.4, -0.2) is 24.9 Å². The summed E-state index contributed by atoms with van der Waals surface area (Å²) in [6.07, 6.45) is 0. The molecule has 0 saturated carbocycles. The molecule has 0 aliphatic heterocycles. The van der Waals surface area contributed by atoms with Crippen molar-refractivity contribution in [1.29, 1.82) is 0 Å². The molecular formula is C23H20F2N4O3. The van der Waals surface area contributed by atoms with Crippen LogP contribution >= 0.6 is 0 Å². The Hall–Kier alpha value is -4.27. The van der Waals surface area contributed by atoms with E-state index in [0.717, 1.165) is 12.1 Å². The van der Waals surface area contributed by atoms with Crippen molar-refractivity contribution in [2.45, 2.75) is 6.04 Å². The molecule has 3 rings (SSSR count). The number of carbonyl (C=O) groups is 3. The van der Waals surface area contributed by atoms with E-state index in [1.165, 1.54) is 37.4 Å². The summed E-state index contributed by atoms with van der Waals surface area (Å²) in [5, 5.41) is 10.2. The van der Waals surface area contributed by atoms with Crippen molar-refractivity contribution >= 4 is 29.2 Å². The Balaban J connectivity index is 1.67. The van der Waals surface area contributed by atoms with Crippen LogP contribution in [0, 0.1) is 11.6 Å². The summed E-state index contributed by atoms with van der Waals surface area (Å²) >= 11 is 0. The Morgan fingerprint density at radius 2 is 1.41 bits per heavy atom. The van der Waals surface area contributed by atoms with Gasteiger partial charge >= 0.3 is 6.03 Å². The van der Waals surface area contributed by atoms with Gasteiger partial charge in [-0.05, 0) is 54.1 Å². The number of para-hydroxylation sites is 1. The molecule has 3 aromatic rings. The first kappa shape index (κ1) is 22.4. The lowest BCUT2D eigenvalue weighted by Gasteiger charge is -2.18. The lowest BCUT2D eigenvalue weighted by atomic mass is 10.0. The number of nitrogens with one attached hydrogen (secondary N) is 4. The van der Waals surface area contributed by atoms with Crippen LogP contribution in [-0.2, 0) is 4.79 Å². The van der Waals surface area contributed by atoms with Crippen LogP contribution in [0.1, 0.15) is 22.0 Å². The zero-order valence-corrected chi connectivity index (χ0v) is 17.0. The van der Waals surface area contributed by atoms with E-state index >= 15 is 0 Å². The largest absolute Gasteiger partial charge is 0.357 e. The predicted molar refractivity (Wildman–Crippen MR) is 116 cm³/mol. The average Bonchev–Trinajstić information content (AvgIpc) is 2.79. The van der Waals surface area contributed by atoms with Crippen LogP contribution in [0.4, 0.5) is 25.0 Å². The van der Waals surface area contributed by atoms with E-state index in [2.05, 4.69) is 21.3 Å². The number of carbonyl (C=O) groups excluding carboxylic acids is 3. The molecule has 0 aliphatic carbocycles. The normalized spacial score (nSPS) is 11.2. The van der Waals surface area contributed by atoms with E-state index in [1.54, 1.807) is 24.3 Å². The molecule has 7 nitrogen and oxygen atoms in total. The zero-order valence-electron chi connectivity index (χ0n) is 17.0. The van der Waals surface area contributed by atoms with E-state index in [4.69, 9.17) is 0 Å². The molecule has 32 heavy (non-hydrogen) atoms. The minimum atomic E-state index is -1.22. The topological polar surface area (TPSA) is 99.3 Å². The van der Waals surface area contributed by atoms with Gasteiger partial charge in [0.05, 0.1) is 0 Å². The monoisotopic (exact) mass is 438 g/mol. The number of hydrogen-bond acceptors (Lipinski definition) is 3. The van der Waals surface area contributed by atoms with Crippen LogP contribution in [0.2, 0.25) is 0 Å². The van der Waals surface area contributed by atoms with Crippen molar-refractivity contribution in [3.8, 4) is 0 Å². The van der Waals surface area contributed by atoms with E-state index in [0.29, 0.717) is 11.4 Å². The highest BCUT2D eigenvalue weighted by Crippen LogP contribution is 2.18. The van der Waals surface area contributed by atoms with E-state index in [1.807, 2.05) is 6.07 Å². The molecule has 1 atom stereocenters. The highest BCUT2D eigenvalue weighted by molar-refractivity contribution is 6.01. The summed E-state index contributed by atoms with van der Waals surface area (Å²) in [6, 6.07) is 16.1. The maximum atomic E-state index is 13.6. The van der Waals surface area contributed by atoms with Gasteiger partial charge in [0.1, 0.15) is 6.04 Å². The first-order chi connectivity index (χ1) is 15.4. The van der Waals surface area contributed by atoms with Gasteiger partial charge in [-0.25, -0.2) is 13.6 Å². The van der Waals surface area contributed by atoms with Gasteiger partial charge in [-0.1, -0.05) is 24.3 Å². The van der Waals surface area contributed by atoms with E-state index < -0.39 is 35.5 Å². The summed E-state index contributed by atoms with van der Waals surface area (Å²) in [4.78, 5) is 36.9. The minimum Gasteiger partial charge on any atom is -0.357 e. The Labute approximate surface area is 182 Å². The fraction of sp³-hybridized carbons (Fsp3) is 0.0870. The fourth-order valence-electron chi connectivity index (χ4n) is 2.87. The van der Waals surface area contributed by atoms with Crippen molar-refractivity contribution in [1.82, 2.24) is 10.6 Å². The molecule has 0 aromatic heterocycles. The maximum absolute atomic E-state index is 13.6. The molecule has 0 fully saturated rings. The van der Waals surface area contributed by atoms with Gasteiger partial charge in [0, 0.05) is 24.0 Å². The van der Waals surface area contributed by atoms with Crippen molar-refractivity contribution in [3.05, 3.63) is 95.6 Å². The summed E-state index contributed by atoms with van der Waals surface area (Å²) in [7, 11) is 1.36. The summed E-state index contributed by atoms with van der Waals surface area (Å²) in [5.41, 5.74) is 1.36. The van der Waals surface area contributed by atoms with Crippen LogP contribution in [0.25, 0.3) is 0 Å². The number of anilines is 2. The Bertz CT molecular complexity index is 1120. The fourth-order valence-corrected chi connectivity index (χ4v) is 2.87. The number of hydrogen-bond donors (Lipinski definition) is 4. The molecular weight excluding hydrogens is 418 g/mol.